The number of benzene rings is 1. The summed E-state index contributed by atoms with van der Waals surface area (Å²) < 4.78 is 21.0. The molecule has 0 fully saturated rings. The Morgan fingerprint density at radius 1 is 0.895 bits per heavy atom. The van der Waals surface area contributed by atoms with Gasteiger partial charge in [0.25, 0.3) is 0 Å². The lowest BCUT2D eigenvalue weighted by molar-refractivity contribution is 0.000874. The van der Waals surface area contributed by atoms with Crippen LogP contribution in [0.1, 0.15) is 5.56 Å². The van der Waals surface area contributed by atoms with Gasteiger partial charge in [-0.15, -0.1) is 0 Å². The van der Waals surface area contributed by atoms with Crippen LogP contribution in [0.2, 0.25) is 0 Å². The monoisotopic (exact) mass is 269 g/mol. The van der Waals surface area contributed by atoms with Gasteiger partial charge in [-0.3, -0.25) is 0 Å². The van der Waals surface area contributed by atoms with Gasteiger partial charge in [0.05, 0.1) is 46.2 Å². The van der Waals surface area contributed by atoms with Crippen LogP contribution < -0.4 is 5.73 Å². The van der Waals surface area contributed by atoms with E-state index in [0.717, 1.165) is 11.3 Å². The summed E-state index contributed by atoms with van der Waals surface area (Å²) in [5.74, 6) is 0. The number of methoxy groups -OCH3 is 1. The predicted octanol–water partition coefficient (Wildman–Crippen LogP) is 1.46. The Labute approximate surface area is 114 Å². The van der Waals surface area contributed by atoms with Gasteiger partial charge < -0.3 is 24.7 Å². The molecule has 0 spiro atoms. The molecule has 2 N–H and O–H groups in total. The quantitative estimate of drug-likeness (QED) is 0.487. The molecule has 108 valence electrons. The predicted molar refractivity (Wildman–Crippen MR) is 74.0 cm³/mol. The Bertz CT molecular complexity index is 333. The van der Waals surface area contributed by atoms with Crippen LogP contribution in [-0.4, -0.2) is 46.8 Å². The number of rotatable bonds is 11. The third-order valence-electron chi connectivity index (χ3n) is 2.40. The molecule has 0 radical (unpaired) electrons. The van der Waals surface area contributed by atoms with E-state index < -0.39 is 0 Å². The molecular formula is C14H23NO4. The van der Waals surface area contributed by atoms with Gasteiger partial charge in [-0.1, -0.05) is 12.1 Å². The summed E-state index contributed by atoms with van der Waals surface area (Å²) in [6.45, 7) is 4.06. The smallest absolute Gasteiger partial charge is 0.0718 e. The minimum Gasteiger partial charge on any atom is -0.399 e. The Morgan fingerprint density at radius 3 is 2.16 bits per heavy atom. The first-order valence-corrected chi connectivity index (χ1v) is 6.39. The Kier molecular flexibility index (Phi) is 9.01. The van der Waals surface area contributed by atoms with Crippen LogP contribution >= 0.6 is 0 Å². The van der Waals surface area contributed by atoms with Crippen LogP contribution in [-0.2, 0) is 25.6 Å². The van der Waals surface area contributed by atoms with E-state index in [2.05, 4.69) is 0 Å². The summed E-state index contributed by atoms with van der Waals surface area (Å²) >= 11 is 0. The molecule has 0 aromatic heterocycles. The molecule has 0 aliphatic rings. The Hall–Kier alpha value is -1.14. The van der Waals surface area contributed by atoms with Gasteiger partial charge in [0.1, 0.15) is 0 Å². The summed E-state index contributed by atoms with van der Waals surface area (Å²) in [5, 5.41) is 0. The Balaban J connectivity index is 1.89. The Morgan fingerprint density at radius 2 is 1.53 bits per heavy atom. The first-order valence-electron chi connectivity index (χ1n) is 6.39. The van der Waals surface area contributed by atoms with Crippen molar-refractivity contribution in [1.29, 1.82) is 0 Å². The van der Waals surface area contributed by atoms with Gasteiger partial charge in [0.2, 0.25) is 0 Å². The molecule has 5 heteroatoms. The first kappa shape index (κ1) is 15.9. The topological polar surface area (TPSA) is 62.9 Å². The number of ether oxygens (including phenoxy) is 4. The van der Waals surface area contributed by atoms with Crippen molar-refractivity contribution in [1.82, 2.24) is 0 Å². The molecule has 0 amide bonds. The molecule has 1 aromatic rings. The van der Waals surface area contributed by atoms with Crippen molar-refractivity contribution in [2.75, 3.05) is 52.5 Å². The number of nitrogens with two attached hydrogens (primary N) is 1. The van der Waals surface area contributed by atoms with Crippen LogP contribution in [0.5, 0.6) is 0 Å². The van der Waals surface area contributed by atoms with Crippen molar-refractivity contribution in [3.63, 3.8) is 0 Å². The summed E-state index contributed by atoms with van der Waals surface area (Å²) in [5.41, 5.74) is 7.50. The molecule has 0 bridgehead atoms. The first-order chi connectivity index (χ1) is 9.33. The summed E-state index contributed by atoms with van der Waals surface area (Å²) in [6.07, 6.45) is 0. The minimum absolute atomic E-state index is 0.554. The molecule has 19 heavy (non-hydrogen) atoms. The standard InChI is InChI=1S/C14H23NO4/c1-16-5-6-17-7-8-18-9-10-19-12-13-3-2-4-14(15)11-13/h2-4,11H,5-10,12,15H2,1H3. The molecule has 1 rings (SSSR count). The van der Waals surface area contributed by atoms with E-state index >= 15 is 0 Å². The van der Waals surface area contributed by atoms with Crippen LogP contribution in [0.15, 0.2) is 24.3 Å². The maximum Gasteiger partial charge on any atom is 0.0718 e. The number of hydrogen-bond donors (Lipinski definition) is 1. The van der Waals surface area contributed by atoms with Crippen molar-refractivity contribution in [2.45, 2.75) is 6.61 Å². The maximum absolute atomic E-state index is 5.68. The fourth-order valence-corrected chi connectivity index (χ4v) is 1.46. The van der Waals surface area contributed by atoms with E-state index in [1.807, 2.05) is 24.3 Å². The average Bonchev–Trinajstić information content (AvgIpc) is 2.41. The van der Waals surface area contributed by atoms with Crippen molar-refractivity contribution in [3.8, 4) is 0 Å². The normalized spacial score (nSPS) is 10.8. The SMILES string of the molecule is COCCOCCOCCOCc1cccc(N)c1. The second-order valence-electron chi connectivity index (χ2n) is 4.02. The second-order valence-corrected chi connectivity index (χ2v) is 4.02. The molecule has 0 saturated heterocycles. The fourth-order valence-electron chi connectivity index (χ4n) is 1.46. The lowest BCUT2D eigenvalue weighted by Crippen LogP contribution is -2.11. The van der Waals surface area contributed by atoms with Crippen LogP contribution in [0.25, 0.3) is 0 Å². The molecular weight excluding hydrogens is 246 g/mol. The zero-order chi connectivity index (χ0) is 13.8. The number of nitrogen functional groups attached to an aromatic ring is 1. The van der Waals surface area contributed by atoms with Gasteiger partial charge in [-0.05, 0) is 17.7 Å². The molecule has 0 atom stereocenters. The van der Waals surface area contributed by atoms with Crippen LogP contribution in [0.4, 0.5) is 5.69 Å². The number of anilines is 1. The zero-order valence-electron chi connectivity index (χ0n) is 11.5. The molecule has 0 aliphatic heterocycles. The summed E-state index contributed by atoms with van der Waals surface area (Å²) in [7, 11) is 1.65. The highest BCUT2D eigenvalue weighted by Crippen LogP contribution is 2.07. The molecule has 0 saturated carbocycles. The largest absolute Gasteiger partial charge is 0.399 e. The molecule has 1 aromatic carbocycles. The molecule has 0 aliphatic carbocycles. The lowest BCUT2D eigenvalue weighted by Gasteiger charge is -2.07. The fraction of sp³-hybridized carbons (Fsp3) is 0.571. The third kappa shape index (κ3) is 8.56. The lowest BCUT2D eigenvalue weighted by atomic mass is 10.2. The van der Waals surface area contributed by atoms with Crippen molar-refractivity contribution in [2.24, 2.45) is 0 Å². The van der Waals surface area contributed by atoms with Crippen molar-refractivity contribution < 1.29 is 18.9 Å². The molecule has 5 nitrogen and oxygen atoms in total. The highest BCUT2D eigenvalue weighted by molar-refractivity contribution is 5.40. The second kappa shape index (κ2) is 10.8. The van der Waals surface area contributed by atoms with E-state index in [1.54, 1.807) is 7.11 Å². The van der Waals surface area contributed by atoms with Gasteiger partial charge >= 0.3 is 0 Å². The zero-order valence-corrected chi connectivity index (χ0v) is 11.5. The van der Waals surface area contributed by atoms with E-state index in [1.165, 1.54) is 0 Å². The average molecular weight is 269 g/mol. The maximum atomic E-state index is 5.68. The molecule has 0 heterocycles. The van der Waals surface area contributed by atoms with Crippen LogP contribution in [0.3, 0.4) is 0 Å². The van der Waals surface area contributed by atoms with Crippen molar-refractivity contribution in [3.05, 3.63) is 29.8 Å². The van der Waals surface area contributed by atoms with E-state index in [-0.39, 0.29) is 0 Å². The minimum atomic E-state index is 0.554. The van der Waals surface area contributed by atoms with Gasteiger partial charge in [-0.2, -0.15) is 0 Å². The van der Waals surface area contributed by atoms with Gasteiger partial charge in [0.15, 0.2) is 0 Å². The third-order valence-corrected chi connectivity index (χ3v) is 2.40. The van der Waals surface area contributed by atoms with Gasteiger partial charge in [0, 0.05) is 12.8 Å². The number of hydrogen-bond acceptors (Lipinski definition) is 5. The highest BCUT2D eigenvalue weighted by Gasteiger charge is 1.95. The van der Waals surface area contributed by atoms with Crippen LogP contribution in [0, 0.1) is 0 Å². The summed E-state index contributed by atoms with van der Waals surface area (Å²) in [4.78, 5) is 0. The van der Waals surface area contributed by atoms with E-state index in [4.69, 9.17) is 24.7 Å². The highest BCUT2D eigenvalue weighted by atomic mass is 16.6. The van der Waals surface area contributed by atoms with Gasteiger partial charge in [-0.25, -0.2) is 0 Å². The van der Waals surface area contributed by atoms with E-state index in [0.29, 0.717) is 46.2 Å². The molecule has 0 unspecified atom stereocenters. The summed E-state index contributed by atoms with van der Waals surface area (Å²) in [6, 6.07) is 7.67. The van der Waals surface area contributed by atoms with Crippen molar-refractivity contribution >= 4 is 5.69 Å². The van der Waals surface area contributed by atoms with E-state index in [9.17, 15) is 0 Å².